The number of carbonyl (C=O) groups excluding carboxylic acids is 1. The Morgan fingerprint density at radius 1 is 0.971 bits per heavy atom. The molecule has 0 heterocycles. The first kappa shape index (κ1) is 25.0. The SMILES string of the molecule is CCCCc1cc(-c2ccccc2C(=O)O)cc(NC(=O)Cc2ccc(C)cc2)c1OCCC. The summed E-state index contributed by atoms with van der Waals surface area (Å²) in [6, 6.07) is 18.7. The highest BCUT2D eigenvalue weighted by atomic mass is 16.5. The van der Waals surface area contributed by atoms with E-state index in [0.717, 1.165) is 47.9 Å². The van der Waals surface area contributed by atoms with Gasteiger partial charge >= 0.3 is 5.97 Å². The lowest BCUT2D eigenvalue weighted by Gasteiger charge is -2.19. The van der Waals surface area contributed by atoms with E-state index in [1.165, 1.54) is 0 Å². The normalized spacial score (nSPS) is 10.7. The monoisotopic (exact) mass is 459 g/mol. The number of unbranched alkanes of at least 4 members (excludes halogenated alkanes) is 1. The van der Waals surface area contributed by atoms with Crippen LogP contribution in [-0.2, 0) is 17.6 Å². The number of carboxylic acid groups (broad SMARTS) is 1. The van der Waals surface area contributed by atoms with Gasteiger partial charge in [-0.2, -0.15) is 0 Å². The van der Waals surface area contributed by atoms with Crippen LogP contribution in [0, 0.1) is 6.92 Å². The van der Waals surface area contributed by atoms with Crippen molar-refractivity contribution >= 4 is 17.6 Å². The van der Waals surface area contributed by atoms with Crippen LogP contribution < -0.4 is 10.1 Å². The molecule has 2 N–H and O–H groups in total. The lowest BCUT2D eigenvalue weighted by atomic mass is 9.95. The van der Waals surface area contributed by atoms with Gasteiger partial charge in [-0.1, -0.05) is 68.3 Å². The van der Waals surface area contributed by atoms with E-state index in [2.05, 4.69) is 12.2 Å². The third-order valence-electron chi connectivity index (χ3n) is 5.64. The van der Waals surface area contributed by atoms with Crippen molar-refractivity contribution in [3.8, 4) is 16.9 Å². The van der Waals surface area contributed by atoms with Gasteiger partial charge in [0.1, 0.15) is 5.75 Å². The molecule has 0 saturated carbocycles. The fourth-order valence-electron chi connectivity index (χ4n) is 3.87. The molecular weight excluding hydrogens is 426 g/mol. The standard InChI is InChI=1S/C29H33NO4/c1-4-6-9-22-18-23(24-10-7-8-11-25(24)29(32)33)19-26(28(22)34-16-5-2)30-27(31)17-21-14-12-20(3)13-15-21/h7-8,10-15,18-19H,4-6,9,16-17H2,1-3H3,(H,30,31)(H,32,33). The molecule has 3 rings (SSSR count). The molecule has 0 spiro atoms. The van der Waals surface area contributed by atoms with Gasteiger partial charge in [-0.15, -0.1) is 0 Å². The topological polar surface area (TPSA) is 75.6 Å². The van der Waals surface area contributed by atoms with Gasteiger partial charge in [0, 0.05) is 0 Å². The van der Waals surface area contributed by atoms with Crippen molar-refractivity contribution in [2.24, 2.45) is 0 Å². The van der Waals surface area contributed by atoms with Crippen LogP contribution in [0.3, 0.4) is 0 Å². The van der Waals surface area contributed by atoms with Crippen molar-refractivity contribution < 1.29 is 19.4 Å². The van der Waals surface area contributed by atoms with E-state index in [1.54, 1.807) is 18.2 Å². The molecule has 3 aromatic carbocycles. The molecule has 0 radical (unpaired) electrons. The first-order valence-corrected chi connectivity index (χ1v) is 11.9. The number of anilines is 1. The second-order valence-corrected chi connectivity index (χ2v) is 8.53. The molecule has 0 aromatic heterocycles. The summed E-state index contributed by atoms with van der Waals surface area (Å²) in [4.78, 5) is 24.8. The fraction of sp³-hybridized carbons (Fsp3) is 0.310. The van der Waals surface area contributed by atoms with Gasteiger partial charge in [0.15, 0.2) is 0 Å². The summed E-state index contributed by atoms with van der Waals surface area (Å²) in [5.41, 5.74) is 5.21. The Kier molecular flexibility index (Phi) is 8.86. The first-order valence-electron chi connectivity index (χ1n) is 11.9. The Morgan fingerprint density at radius 2 is 1.71 bits per heavy atom. The summed E-state index contributed by atoms with van der Waals surface area (Å²) in [5, 5.41) is 12.8. The lowest BCUT2D eigenvalue weighted by molar-refractivity contribution is -0.115. The Bertz CT molecular complexity index is 1140. The second-order valence-electron chi connectivity index (χ2n) is 8.53. The van der Waals surface area contributed by atoms with E-state index in [0.29, 0.717) is 23.6 Å². The molecule has 0 unspecified atom stereocenters. The van der Waals surface area contributed by atoms with Gasteiger partial charge in [0.05, 0.1) is 24.3 Å². The van der Waals surface area contributed by atoms with Crippen LogP contribution in [0.5, 0.6) is 5.75 Å². The molecule has 3 aromatic rings. The Morgan fingerprint density at radius 3 is 2.38 bits per heavy atom. The molecule has 0 aliphatic carbocycles. The number of ether oxygens (including phenoxy) is 1. The Balaban J connectivity index is 2.05. The molecular formula is C29H33NO4. The molecule has 0 atom stereocenters. The Labute approximate surface area is 201 Å². The third-order valence-corrected chi connectivity index (χ3v) is 5.64. The molecule has 0 aliphatic heterocycles. The van der Waals surface area contributed by atoms with E-state index < -0.39 is 5.97 Å². The van der Waals surface area contributed by atoms with Gasteiger partial charge in [-0.25, -0.2) is 4.79 Å². The molecule has 1 amide bonds. The minimum absolute atomic E-state index is 0.143. The maximum absolute atomic E-state index is 13.0. The van der Waals surface area contributed by atoms with Crippen LogP contribution in [0.2, 0.25) is 0 Å². The molecule has 0 fully saturated rings. The van der Waals surface area contributed by atoms with E-state index in [-0.39, 0.29) is 17.9 Å². The quantitative estimate of drug-likeness (QED) is 0.336. The number of hydrogen-bond donors (Lipinski definition) is 2. The Hall–Kier alpha value is -3.60. The van der Waals surface area contributed by atoms with Gasteiger partial charge in [0.25, 0.3) is 0 Å². The van der Waals surface area contributed by atoms with Crippen molar-refractivity contribution in [1.82, 2.24) is 0 Å². The molecule has 178 valence electrons. The van der Waals surface area contributed by atoms with Crippen molar-refractivity contribution in [2.75, 3.05) is 11.9 Å². The summed E-state index contributed by atoms with van der Waals surface area (Å²) in [6.45, 7) is 6.71. The highest BCUT2D eigenvalue weighted by Gasteiger charge is 2.18. The van der Waals surface area contributed by atoms with Crippen LogP contribution in [0.4, 0.5) is 5.69 Å². The number of amides is 1. The van der Waals surface area contributed by atoms with Crippen molar-refractivity contribution in [3.05, 3.63) is 82.9 Å². The maximum atomic E-state index is 13.0. The number of carboxylic acids is 1. The lowest BCUT2D eigenvalue weighted by Crippen LogP contribution is -2.16. The fourth-order valence-corrected chi connectivity index (χ4v) is 3.87. The average Bonchev–Trinajstić information content (AvgIpc) is 2.83. The number of aryl methyl sites for hydroxylation is 2. The van der Waals surface area contributed by atoms with Crippen LogP contribution >= 0.6 is 0 Å². The van der Waals surface area contributed by atoms with Gasteiger partial charge in [-0.3, -0.25) is 4.79 Å². The summed E-state index contributed by atoms with van der Waals surface area (Å²) < 4.78 is 6.12. The first-order chi connectivity index (χ1) is 16.4. The summed E-state index contributed by atoms with van der Waals surface area (Å²) in [7, 11) is 0. The zero-order valence-electron chi connectivity index (χ0n) is 20.2. The number of rotatable bonds is 11. The molecule has 5 nitrogen and oxygen atoms in total. The second kappa shape index (κ2) is 12.0. The van der Waals surface area contributed by atoms with E-state index in [4.69, 9.17) is 4.74 Å². The van der Waals surface area contributed by atoms with Crippen molar-refractivity contribution in [2.45, 2.75) is 52.9 Å². The zero-order chi connectivity index (χ0) is 24.5. The largest absolute Gasteiger partial charge is 0.491 e. The number of nitrogens with one attached hydrogen (secondary N) is 1. The smallest absolute Gasteiger partial charge is 0.336 e. The minimum Gasteiger partial charge on any atom is -0.491 e. The summed E-state index contributed by atoms with van der Waals surface area (Å²) in [6.07, 6.45) is 3.84. The van der Waals surface area contributed by atoms with Gasteiger partial charge < -0.3 is 15.2 Å². The highest BCUT2D eigenvalue weighted by molar-refractivity contribution is 5.98. The summed E-state index contributed by atoms with van der Waals surface area (Å²) in [5.74, 6) is -0.457. The molecule has 5 heteroatoms. The van der Waals surface area contributed by atoms with E-state index in [1.807, 2.05) is 56.3 Å². The van der Waals surface area contributed by atoms with E-state index >= 15 is 0 Å². The zero-order valence-corrected chi connectivity index (χ0v) is 20.2. The molecule has 0 aliphatic rings. The molecule has 0 bridgehead atoms. The van der Waals surface area contributed by atoms with Crippen molar-refractivity contribution in [1.29, 1.82) is 0 Å². The maximum Gasteiger partial charge on any atom is 0.336 e. The number of carbonyl (C=O) groups is 2. The van der Waals surface area contributed by atoms with Crippen LogP contribution in [0.1, 0.15) is 60.2 Å². The molecule has 0 saturated heterocycles. The highest BCUT2D eigenvalue weighted by Crippen LogP contribution is 2.37. The number of hydrogen-bond acceptors (Lipinski definition) is 3. The minimum atomic E-state index is -0.984. The van der Waals surface area contributed by atoms with Gasteiger partial charge in [0.2, 0.25) is 5.91 Å². The number of benzene rings is 3. The number of aromatic carboxylic acids is 1. The van der Waals surface area contributed by atoms with Gasteiger partial charge in [-0.05, 0) is 66.6 Å². The predicted octanol–water partition coefficient (Wildman–Crippen LogP) is 6.67. The predicted molar refractivity (Wildman–Crippen MR) is 137 cm³/mol. The molecule has 34 heavy (non-hydrogen) atoms. The third kappa shape index (κ3) is 6.47. The van der Waals surface area contributed by atoms with Crippen molar-refractivity contribution in [3.63, 3.8) is 0 Å². The van der Waals surface area contributed by atoms with E-state index in [9.17, 15) is 14.7 Å². The van der Waals surface area contributed by atoms with Crippen LogP contribution in [0.25, 0.3) is 11.1 Å². The van der Waals surface area contributed by atoms with Crippen LogP contribution in [0.15, 0.2) is 60.7 Å². The van der Waals surface area contributed by atoms with Crippen LogP contribution in [-0.4, -0.2) is 23.6 Å². The average molecular weight is 460 g/mol. The summed E-state index contributed by atoms with van der Waals surface area (Å²) >= 11 is 0.